The van der Waals surface area contributed by atoms with Gasteiger partial charge in [0.25, 0.3) is 17.7 Å². The van der Waals surface area contributed by atoms with Crippen molar-refractivity contribution in [2.45, 2.75) is 30.6 Å². The number of nitrogens with zero attached hydrogens (tertiary/aromatic N) is 6. The second-order valence-corrected chi connectivity index (χ2v) is 12.7. The molecular formula is C29H29ClF5N9O3. The second kappa shape index (κ2) is 11.2. The first-order valence-corrected chi connectivity index (χ1v) is 15.3. The largest absolute Gasteiger partial charge is 0.435 e. The Labute approximate surface area is 269 Å². The van der Waals surface area contributed by atoms with Gasteiger partial charge in [0.15, 0.2) is 11.5 Å². The molecule has 0 bridgehead atoms. The van der Waals surface area contributed by atoms with Crippen molar-refractivity contribution >= 4 is 35.1 Å². The van der Waals surface area contributed by atoms with Gasteiger partial charge in [-0.05, 0) is 18.2 Å². The van der Waals surface area contributed by atoms with E-state index in [9.17, 15) is 36.3 Å². The predicted molar refractivity (Wildman–Crippen MR) is 157 cm³/mol. The third-order valence-corrected chi connectivity index (χ3v) is 9.51. The number of piperidine rings is 1. The summed E-state index contributed by atoms with van der Waals surface area (Å²) in [6.45, 7) is 4.02. The van der Waals surface area contributed by atoms with Crippen molar-refractivity contribution in [3.8, 4) is 11.3 Å². The van der Waals surface area contributed by atoms with Crippen LogP contribution < -0.4 is 16.0 Å². The van der Waals surface area contributed by atoms with Crippen LogP contribution in [0.3, 0.4) is 0 Å². The number of anilines is 1. The van der Waals surface area contributed by atoms with Gasteiger partial charge in [-0.15, -0.1) is 0 Å². The number of fused-ring (bicyclic) bond motifs is 1. The fraction of sp³-hybridized carbons (Fsp3) is 0.483. The van der Waals surface area contributed by atoms with Gasteiger partial charge in [0.05, 0.1) is 28.0 Å². The van der Waals surface area contributed by atoms with Crippen LogP contribution in [0.15, 0.2) is 30.6 Å². The number of imidazole rings is 1. The normalized spacial score (nSPS) is 24.6. The van der Waals surface area contributed by atoms with E-state index in [0.29, 0.717) is 30.9 Å². The van der Waals surface area contributed by atoms with Crippen LogP contribution in [0.25, 0.3) is 11.3 Å². The van der Waals surface area contributed by atoms with E-state index in [1.807, 2.05) is 9.80 Å². The molecule has 2 unspecified atom stereocenters. The zero-order chi connectivity index (χ0) is 33.4. The molecule has 250 valence electrons. The third kappa shape index (κ3) is 5.79. The summed E-state index contributed by atoms with van der Waals surface area (Å²) in [7, 11) is 1.31. The molecular weight excluding hydrogens is 653 g/mol. The number of benzene rings is 1. The average Bonchev–Trinajstić information content (AvgIpc) is 3.52. The molecule has 47 heavy (non-hydrogen) atoms. The van der Waals surface area contributed by atoms with Gasteiger partial charge in [-0.3, -0.25) is 14.3 Å². The van der Waals surface area contributed by atoms with Crippen LogP contribution in [-0.4, -0.2) is 98.2 Å². The maximum Gasteiger partial charge on any atom is 0.435 e. The molecule has 1 aromatic carbocycles. The molecule has 4 heterocycles. The number of carbonyl (C=O) groups is 3. The maximum atomic E-state index is 13.7. The average molecular weight is 682 g/mol. The minimum Gasteiger partial charge on any atom is -0.349 e. The number of hydrogen-bond acceptors (Lipinski definition) is 6. The number of likely N-dealkylation sites (tertiary alicyclic amines) is 1. The third-order valence-electron chi connectivity index (χ3n) is 9.20. The van der Waals surface area contributed by atoms with Crippen molar-refractivity contribution in [1.29, 1.82) is 0 Å². The van der Waals surface area contributed by atoms with Crippen molar-refractivity contribution in [2.75, 3.05) is 44.6 Å². The molecule has 2 aliphatic carbocycles. The van der Waals surface area contributed by atoms with Crippen molar-refractivity contribution < 1.29 is 36.3 Å². The molecule has 18 heteroatoms. The number of nitrogens with one attached hydrogen (secondary N) is 3. The van der Waals surface area contributed by atoms with E-state index in [1.54, 1.807) is 0 Å². The van der Waals surface area contributed by atoms with E-state index in [1.165, 1.54) is 25.2 Å². The van der Waals surface area contributed by atoms with Crippen LogP contribution in [0.1, 0.15) is 39.1 Å². The summed E-state index contributed by atoms with van der Waals surface area (Å²) in [5.41, 5.74) is -1.63. The molecule has 4 amide bonds. The lowest BCUT2D eigenvalue weighted by atomic mass is 10.2. The van der Waals surface area contributed by atoms with Gasteiger partial charge >= 0.3 is 12.2 Å². The highest BCUT2D eigenvalue weighted by Gasteiger charge is 2.60. The SMILES string of the molecule is Cn1c(-c2cn(C3CC3(F)F)nc2C(F)(F)F)cnc1C(=O)Nc1ccc(C(=O)NC2[C@H]3CN(C(=O)N4CCNCC4)C[C@@H]23)c(Cl)c1. The molecule has 2 saturated heterocycles. The first-order chi connectivity index (χ1) is 22.2. The van der Waals surface area contributed by atoms with Crippen molar-refractivity contribution in [1.82, 2.24) is 39.8 Å². The lowest BCUT2D eigenvalue weighted by Crippen LogP contribution is -2.52. The predicted octanol–water partition coefficient (Wildman–Crippen LogP) is 3.47. The van der Waals surface area contributed by atoms with Gasteiger partial charge in [0, 0.05) is 82.5 Å². The minimum atomic E-state index is -4.94. The fourth-order valence-electron chi connectivity index (χ4n) is 6.45. The van der Waals surface area contributed by atoms with Crippen LogP contribution in [-0.2, 0) is 13.2 Å². The van der Waals surface area contributed by atoms with E-state index in [-0.39, 0.29) is 51.7 Å². The fourth-order valence-corrected chi connectivity index (χ4v) is 6.72. The van der Waals surface area contributed by atoms with E-state index in [0.717, 1.165) is 30.1 Å². The molecule has 4 fully saturated rings. The number of rotatable bonds is 6. The maximum absolute atomic E-state index is 13.7. The Morgan fingerprint density at radius 3 is 2.36 bits per heavy atom. The van der Waals surface area contributed by atoms with Crippen LogP contribution in [0.4, 0.5) is 32.4 Å². The molecule has 3 aromatic rings. The number of alkyl halides is 5. The Hall–Kier alpha value is -4.25. The monoisotopic (exact) mass is 681 g/mol. The quantitative estimate of drug-likeness (QED) is 0.342. The zero-order valence-electron chi connectivity index (χ0n) is 24.8. The Bertz CT molecular complexity index is 1760. The molecule has 2 aromatic heterocycles. The number of halogens is 6. The minimum absolute atomic E-state index is 0.0225. The van der Waals surface area contributed by atoms with Crippen LogP contribution in [0.5, 0.6) is 0 Å². The molecule has 0 spiro atoms. The molecule has 3 N–H and O–H groups in total. The van der Waals surface area contributed by atoms with E-state index >= 15 is 0 Å². The van der Waals surface area contributed by atoms with Gasteiger partial charge < -0.3 is 30.3 Å². The van der Waals surface area contributed by atoms with Crippen LogP contribution >= 0.6 is 11.6 Å². The van der Waals surface area contributed by atoms with Crippen molar-refractivity contribution in [3.05, 3.63) is 52.7 Å². The van der Waals surface area contributed by atoms with Gasteiger partial charge in [-0.25, -0.2) is 18.6 Å². The summed E-state index contributed by atoms with van der Waals surface area (Å²) in [4.78, 5) is 46.4. The zero-order valence-corrected chi connectivity index (χ0v) is 25.6. The van der Waals surface area contributed by atoms with E-state index < -0.39 is 47.6 Å². The number of piperazine rings is 1. The van der Waals surface area contributed by atoms with E-state index in [4.69, 9.17) is 11.6 Å². The van der Waals surface area contributed by atoms with Crippen molar-refractivity contribution in [2.24, 2.45) is 18.9 Å². The highest BCUT2D eigenvalue weighted by Crippen LogP contribution is 2.53. The molecule has 2 aliphatic heterocycles. The molecule has 7 rings (SSSR count). The molecule has 12 nitrogen and oxygen atoms in total. The highest BCUT2D eigenvalue weighted by atomic mass is 35.5. The summed E-state index contributed by atoms with van der Waals surface area (Å²) in [6.07, 6.45) is -3.64. The molecule has 4 aliphatic rings. The van der Waals surface area contributed by atoms with Gasteiger partial charge in [0.2, 0.25) is 0 Å². The summed E-state index contributed by atoms with van der Waals surface area (Å²) in [6, 6.07) is 2.72. The summed E-state index contributed by atoms with van der Waals surface area (Å²) >= 11 is 6.39. The lowest BCUT2D eigenvalue weighted by molar-refractivity contribution is -0.141. The first kappa shape index (κ1) is 31.4. The second-order valence-electron chi connectivity index (χ2n) is 12.3. The Morgan fingerprint density at radius 1 is 1.06 bits per heavy atom. The number of hydrogen-bond donors (Lipinski definition) is 3. The highest BCUT2D eigenvalue weighted by molar-refractivity contribution is 6.34. The summed E-state index contributed by atoms with van der Waals surface area (Å²) in [5, 5.41) is 12.2. The smallest absolute Gasteiger partial charge is 0.349 e. The summed E-state index contributed by atoms with van der Waals surface area (Å²) < 4.78 is 70.1. The van der Waals surface area contributed by atoms with Gasteiger partial charge in [-0.2, -0.15) is 18.3 Å². The Balaban J connectivity index is 0.981. The molecule has 0 radical (unpaired) electrons. The van der Waals surface area contributed by atoms with Gasteiger partial charge in [-0.1, -0.05) is 11.6 Å². The lowest BCUT2D eigenvalue weighted by Gasteiger charge is -2.32. The first-order valence-electron chi connectivity index (χ1n) is 15.0. The van der Waals surface area contributed by atoms with Crippen molar-refractivity contribution in [3.63, 3.8) is 0 Å². The molecule has 2 saturated carbocycles. The topological polar surface area (TPSA) is 129 Å². The van der Waals surface area contributed by atoms with Gasteiger partial charge in [0.1, 0.15) is 6.04 Å². The van der Waals surface area contributed by atoms with Crippen LogP contribution in [0, 0.1) is 11.8 Å². The number of carbonyl (C=O) groups excluding carboxylic acids is 3. The number of amides is 4. The number of urea groups is 1. The Kier molecular flexibility index (Phi) is 7.46. The standard InChI is InChI=1S/C29H29ClF5N9O3/c1-41-20(18-13-44(21-9-28(21,31)32)40-23(18)29(33,34)35)10-37-24(41)26(46)38-14-2-3-15(19(30)8-14)25(45)39-22-16-11-43(12-17(16)22)27(47)42-6-4-36-5-7-42/h2-3,8,10,13,16-17,21-22,36H,4-7,9,11-12H2,1H3,(H,38,46)(H,39,45)/t16-,17+,21?,22?. The summed E-state index contributed by atoms with van der Waals surface area (Å²) in [5.74, 6) is -4.25. The van der Waals surface area contributed by atoms with E-state index in [2.05, 4.69) is 26.0 Å². The molecule has 4 atom stereocenters. The Morgan fingerprint density at radius 2 is 1.74 bits per heavy atom. The number of aromatic nitrogens is 4. The van der Waals surface area contributed by atoms with Crippen LogP contribution in [0.2, 0.25) is 5.02 Å².